The van der Waals surface area contributed by atoms with E-state index in [0.717, 1.165) is 32.0 Å². The Morgan fingerprint density at radius 2 is 2.20 bits per heavy atom. The van der Waals surface area contributed by atoms with E-state index in [1.165, 1.54) is 12.8 Å². The normalized spacial score (nSPS) is 17.7. The molecule has 0 aromatic heterocycles. The Kier molecular flexibility index (Phi) is 5.67. The second-order valence-electron chi connectivity index (χ2n) is 4.57. The van der Waals surface area contributed by atoms with Gasteiger partial charge in [-0.1, -0.05) is 0 Å². The van der Waals surface area contributed by atoms with E-state index in [1.807, 2.05) is 0 Å². The van der Waals surface area contributed by atoms with E-state index in [0.29, 0.717) is 12.5 Å². The predicted molar refractivity (Wildman–Crippen MR) is 62.6 cm³/mol. The van der Waals surface area contributed by atoms with Crippen molar-refractivity contribution in [2.45, 2.75) is 51.1 Å². The van der Waals surface area contributed by atoms with Crippen molar-refractivity contribution in [2.24, 2.45) is 0 Å². The summed E-state index contributed by atoms with van der Waals surface area (Å²) < 4.78 is 0. The summed E-state index contributed by atoms with van der Waals surface area (Å²) >= 11 is 0. The van der Waals surface area contributed by atoms with E-state index < -0.39 is 0 Å². The van der Waals surface area contributed by atoms with E-state index >= 15 is 0 Å². The van der Waals surface area contributed by atoms with Crippen molar-refractivity contribution in [3.05, 3.63) is 0 Å². The summed E-state index contributed by atoms with van der Waals surface area (Å²) in [4.78, 5) is 2.47. The minimum absolute atomic E-state index is 0.633. The molecule has 0 amide bonds. The fourth-order valence-corrected chi connectivity index (χ4v) is 1.75. The molecule has 0 aromatic carbocycles. The number of rotatable bonds is 8. The summed E-state index contributed by atoms with van der Waals surface area (Å²) in [5, 5.41) is 11.8. The fraction of sp³-hybridized carbons (Fsp3) is 0.917. The molecule has 1 atom stereocenters. The van der Waals surface area contributed by atoms with Crippen molar-refractivity contribution in [2.75, 3.05) is 20.1 Å². The molecule has 0 saturated heterocycles. The highest BCUT2D eigenvalue weighted by atomic mass is 15.2. The van der Waals surface area contributed by atoms with Gasteiger partial charge in [-0.05, 0) is 46.2 Å². The van der Waals surface area contributed by atoms with Crippen LogP contribution in [0, 0.1) is 11.3 Å². The molecule has 0 aliphatic heterocycles. The van der Waals surface area contributed by atoms with Crippen LogP contribution in [0.5, 0.6) is 0 Å². The summed E-state index contributed by atoms with van der Waals surface area (Å²) in [5.74, 6) is 0. The van der Waals surface area contributed by atoms with E-state index in [9.17, 15) is 0 Å². The molecule has 86 valence electrons. The molecule has 3 heteroatoms. The van der Waals surface area contributed by atoms with Gasteiger partial charge < -0.3 is 5.32 Å². The molecule has 1 fully saturated rings. The third-order valence-corrected chi connectivity index (χ3v) is 3.15. The van der Waals surface area contributed by atoms with E-state index in [2.05, 4.69) is 30.3 Å². The van der Waals surface area contributed by atoms with Crippen LogP contribution < -0.4 is 5.32 Å². The number of unbranched alkanes of at least 4 members (excludes halogenated alkanes) is 2. The Morgan fingerprint density at radius 1 is 1.47 bits per heavy atom. The van der Waals surface area contributed by atoms with Gasteiger partial charge in [-0.2, -0.15) is 5.26 Å². The number of nitrogens with one attached hydrogen (secondary N) is 1. The molecule has 1 N–H and O–H groups in total. The molecule has 0 radical (unpaired) electrons. The second-order valence-corrected chi connectivity index (χ2v) is 4.57. The third-order valence-electron chi connectivity index (χ3n) is 3.15. The minimum Gasteiger partial charge on any atom is -0.315 e. The molecule has 15 heavy (non-hydrogen) atoms. The van der Waals surface area contributed by atoms with E-state index in [1.54, 1.807) is 0 Å². The van der Waals surface area contributed by atoms with Gasteiger partial charge in [0.1, 0.15) is 0 Å². The number of hydrogen-bond donors (Lipinski definition) is 1. The van der Waals surface area contributed by atoms with Crippen molar-refractivity contribution in [1.29, 1.82) is 5.26 Å². The summed E-state index contributed by atoms with van der Waals surface area (Å²) in [6.07, 6.45) is 5.59. The molecule has 1 aliphatic carbocycles. The number of likely N-dealkylation sites (N-methyl/N-ethyl adjacent to an activating group) is 1. The van der Waals surface area contributed by atoms with Crippen LogP contribution in [0.25, 0.3) is 0 Å². The Morgan fingerprint density at radius 3 is 2.80 bits per heavy atom. The lowest BCUT2D eigenvalue weighted by Crippen LogP contribution is -2.39. The van der Waals surface area contributed by atoms with Crippen LogP contribution in [0.15, 0.2) is 0 Å². The average Bonchev–Trinajstić information content (AvgIpc) is 3.05. The first kappa shape index (κ1) is 12.5. The summed E-state index contributed by atoms with van der Waals surface area (Å²) in [6.45, 7) is 4.39. The molecule has 1 unspecified atom stereocenters. The summed E-state index contributed by atoms with van der Waals surface area (Å²) in [5.41, 5.74) is 0. The number of hydrogen-bond acceptors (Lipinski definition) is 3. The third kappa shape index (κ3) is 5.15. The van der Waals surface area contributed by atoms with Gasteiger partial charge in [-0.25, -0.2) is 0 Å². The van der Waals surface area contributed by atoms with Gasteiger partial charge >= 0.3 is 0 Å². The maximum absolute atomic E-state index is 8.37. The summed E-state index contributed by atoms with van der Waals surface area (Å²) in [6, 6.07) is 3.65. The van der Waals surface area contributed by atoms with Gasteiger partial charge in [0.2, 0.25) is 0 Å². The lowest BCUT2D eigenvalue weighted by molar-refractivity contribution is 0.241. The van der Waals surface area contributed by atoms with E-state index in [4.69, 9.17) is 5.26 Å². The van der Waals surface area contributed by atoms with Gasteiger partial charge in [0.05, 0.1) is 6.07 Å². The molecular weight excluding hydrogens is 186 g/mol. The molecule has 0 heterocycles. The standard InChI is InChI=1S/C12H23N3/c1-11(15(2)12-6-7-12)10-14-9-5-3-4-8-13/h11-12,14H,3-7,9-10H2,1-2H3. The van der Waals surface area contributed by atoms with Gasteiger partial charge in [0.15, 0.2) is 0 Å². The van der Waals surface area contributed by atoms with Crippen LogP contribution in [0.4, 0.5) is 0 Å². The molecule has 0 bridgehead atoms. The molecule has 0 spiro atoms. The monoisotopic (exact) mass is 209 g/mol. The topological polar surface area (TPSA) is 39.1 Å². The second kappa shape index (κ2) is 6.81. The van der Waals surface area contributed by atoms with Crippen LogP contribution >= 0.6 is 0 Å². The molecule has 3 nitrogen and oxygen atoms in total. The molecule has 1 rings (SSSR count). The first-order chi connectivity index (χ1) is 7.25. The highest BCUT2D eigenvalue weighted by Crippen LogP contribution is 2.26. The van der Waals surface area contributed by atoms with Gasteiger partial charge in [0.25, 0.3) is 0 Å². The smallest absolute Gasteiger partial charge is 0.0621 e. The Bertz CT molecular complexity index is 205. The Labute approximate surface area is 93.5 Å². The van der Waals surface area contributed by atoms with Gasteiger partial charge in [-0.3, -0.25) is 4.90 Å². The highest BCUT2D eigenvalue weighted by molar-refractivity contribution is 4.85. The lowest BCUT2D eigenvalue weighted by atomic mass is 10.2. The molecular formula is C12H23N3. The zero-order chi connectivity index (χ0) is 11.1. The van der Waals surface area contributed by atoms with Crippen LogP contribution in [0.1, 0.15) is 39.0 Å². The minimum atomic E-state index is 0.633. The zero-order valence-corrected chi connectivity index (χ0v) is 10.00. The number of nitriles is 1. The summed E-state index contributed by atoms with van der Waals surface area (Å²) in [7, 11) is 2.22. The highest BCUT2D eigenvalue weighted by Gasteiger charge is 2.28. The Balaban J connectivity index is 1.92. The fourth-order valence-electron chi connectivity index (χ4n) is 1.75. The van der Waals surface area contributed by atoms with Crippen LogP contribution in [0.2, 0.25) is 0 Å². The first-order valence-electron chi connectivity index (χ1n) is 6.05. The quantitative estimate of drug-likeness (QED) is 0.619. The van der Waals surface area contributed by atoms with Crippen LogP contribution in [-0.2, 0) is 0 Å². The molecule has 1 saturated carbocycles. The Hall–Kier alpha value is -0.590. The van der Waals surface area contributed by atoms with Crippen molar-refractivity contribution in [3.63, 3.8) is 0 Å². The predicted octanol–water partition coefficient (Wildman–Crippen LogP) is 1.75. The average molecular weight is 209 g/mol. The van der Waals surface area contributed by atoms with Crippen molar-refractivity contribution < 1.29 is 0 Å². The lowest BCUT2D eigenvalue weighted by Gasteiger charge is -2.24. The van der Waals surface area contributed by atoms with Crippen molar-refractivity contribution in [1.82, 2.24) is 10.2 Å². The van der Waals surface area contributed by atoms with Crippen molar-refractivity contribution >= 4 is 0 Å². The van der Waals surface area contributed by atoms with Crippen molar-refractivity contribution in [3.8, 4) is 6.07 Å². The van der Waals surface area contributed by atoms with Gasteiger partial charge in [0, 0.05) is 25.0 Å². The molecule has 0 aromatic rings. The van der Waals surface area contributed by atoms with Crippen LogP contribution in [0.3, 0.4) is 0 Å². The number of nitrogens with zero attached hydrogens (tertiary/aromatic N) is 2. The van der Waals surface area contributed by atoms with Crippen LogP contribution in [-0.4, -0.2) is 37.1 Å². The molecule has 1 aliphatic rings. The SMILES string of the molecule is CC(CNCCCCC#N)N(C)C1CC1. The largest absolute Gasteiger partial charge is 0.315 e. The maximum Gasteiger partial charge on any atom is 0.0621 e. The van der Waals surface area contributed by atoms with E-state index in [-0.39, 0.29) is 0 Å². The zero-order valence-electron chi connectivity index (χ0n) is 10.00. The van der Waals surface area contributed by atoms with Gasteiger partial charge in [-0.15, -0.1) is 0 Å². The maximum atomic E-state index is 8.37. The first-order valence-corrected chi connectivity index (χ1v) is 6.05.